The van der Waals surface area contributed by atoms with Crippen molar-refractivity contribution in [3.05, 3.63) is 29.8 Å². The molecule has 0 bridgehead atoms. The number of rotatable bonds is 9. The zero-order valence-corrected chi connectivity index (χ0v) is 12.5. The summed E-state index contributed by atoms with van der Waals surface area (Å²) in [5.41, 5.74) is 0.565. The molecule has 20 heavy (non-hydrogen) atoms. The molecule has 0 aromatic heterocycles. The number of carbonyl (C=O) groups excluding carboxylic acids is 2. The Bertz CT molecular complexity index is 438. The van der Waals surface area contributed by atoms with Crippen LogP contribution in [0.4, 0.5) is 0 Å². The summed E-state index contributed by atoms with van der Waals surface area (Å²) in [4.78, 5) is 22.9. The monoisotopic (exact) mass is 276 g/mol. The fourth-order valence-corrected chi connectivity index (χ4v) is 2.01. The molecule has 0 aliphatic rings. The van der Waals surface area contributed by atoms with Crippen LogP contribution in [0.25, 0.3) is 0 Å². The van der Waals surface area contributed by atoms with Gasteiger partial charge in [0.25, 0.3) is 0 Å². The summed E-state index contributed by atoms with van der Waals surface area (Å²) in [6, 6.07) is 6.75. The molecule has 3 nitrogen and oxygen atoms in total. The van der Waals surface area contributed by atoms with Crippen LogP contribution in [0.3, 0.4) is 0 Å². The Hall–Kier alpha value is -1.64. The van der Waals surface area contributed by atoms with Crippen molar-refractivity contribution in [1.82, 2.24) is 0 Å². The lowest BCUT2D eigenvalue weighted by Gasteiger charge is -2.05. The first-order valence-corrected chi connectivity index (χ1v) is 7.45. The van der Waals surface area contributed by atoms with E-state index in [0.717, 1.165) is 12.8 Å². The summed E-state index contributed by atoms with van der Waals surface area (Å²) < 4.78 is 5.24. The van der Waals surface area contributed by atoms with Gasteiger partial charge in [-0.05, 0) is 25.5 Å². The normalized spacial score (nSPS) is 10.3. The van der Waals surface area contributed by atoms with E-state index in [1.807, 2.05) is 0 Å². The van der Waals surface area contributed by atoms with Gasteiger partial charge in [-0.25, -0.2) is 0 Å². The molecule has 0 heterocycles. The first kappa shape index (κ1) is 16.4. The van der Waals surface area contributed by atoms with Crippen LogP contribution in [0, 0.1) is 0 Å². The van der Waals surface area contributed by atoms with E-state index in [-0.39, 0.29) is 11.8 Å². The Morgan fingerprint density at radius 2 is 1.75 bits per heavy atom. The van der Waals surface area contributed by atoms with Gasteiger partial charge in [-0.3, -0.25) is 9.59 Å². The Morgan fingerprint density at radius 1 is 1.05 bits per heavy atom. The van der Waals surface area contributed by atoms with Crippen molar-refractivity contribution in [3.63, 3.8) is 0 Å². The molecule has 0 atom stereocenters. The predicted molar refractivity (Wildman–Crippen MR) is 80.1 cm³/mol. The second kappa shape index (κ2) is 9.29. The van der Waals surface area contributed by atoms with Gasteiger partial charge >= 0.3 is 5.97 Å². The average Bonchev–Trinajstić information content (AvgIpc) is 2.43. The van der Waals surface area contributed by atoms with E-state index in [2.05, 4.69) is 6.92 Å². The molecule has 0 radical (unpaired) electrons. The molecule has 0 aliphatic carbocycles. The Kier molecular flexibility index (Phi) is 7.63. The average molecular weight is 276 g/mol. The van der Waals surface area contributed by atoms with Gasteiger partial charge in [0.1, 0.15) is 5.75 Å². The lowest BCUT2D eigenvalue weighted by Crippen LogP contribution is -2.08. The standard InChI is InChI=1S/C17H24O3/c1-3-4-5-6-7-8-12-17(19)20-16-11-9-10-15(13-16)14(2)18/h9-11,13H,3-8,12H2,1-2H3. The highest BCUT2D eigenvalue weighted by Crippen LogP contribution is 2.15. The van der Waals surface area contributed by atoms with Gasteiger partial charge < -0.3 is 4.74 Å². The van der Waals surface area contributed by atoms with Crippen molar-refractivity contribution in [2.24, 2.45) is 0 Å². The SMILES string of the molecule is CCCCCCCCC(=O)Oc1cccc(C(C)=O)c1. The number of unbranched alkanes of at least 4 members (excludes halogenated alkanes) is 5. The molecule has 0 N–H and O–H groups in total. The van der Waals surface area contributed by atoms with Crippen LogP contribution in [0.15, 0.2) is 24.3 Å². The van der Waals surface area contributed by atoms with E-state index in [9.17, 15) is 9.59 Å². The number of hydrogen-bond acceptors (Lipinski definition) is 3. The van der Waals surface area contributed by atoms with Gasteiger partial charge in [-0.15, -0.1) is 0 Å². The van der Waals surface area contributed by atoms with Crippen LogP contribution in [0.5, 0.6) is 5.75 Å². The van der Waals surface area contributed by atoms with Crippen molar-refractivity contribution < 1.29 is 14.3 Å². The topological polar surface area (TPSA) is 43.4 Å². The van der Waals surface area contributed by atoms with Crippen molar-refractivity contribution >= 4 is 11.8 Å². The second-order valence-corrected chi connectivity index (χ2v) is 5.08. The highest BCUT2D eigenvalue weighted by atomic mass is 16.5. The Balaban J connectivity index is 2.28. The predicted octanol–water partition coefficient (Wildman–Crippen LogP) is 4.55. The van der Waals surface area contributed by atoms with Gasteiger partial charge in [0.2, 0.25) is 0 Å². The molecule has 0 saturated heterocycles. The summed E-state index contributed by atoms with van der Waals surface area (Å²) in [6.45, 7) is 3.68. The van der Waals surface area contributed by atoms with E-state index in [4.69, 9.17) is 4.74 Å². The van der Waals surface area contributed by atoms with Crippen molar-refractivity contribution in [3.8, 4) is 5.75 Å². The Morgan fingerprint density at radius 3 is 2.45 bits per heavy atom. The molecule has 0 spiro atoms. The third kappa shape index (κ3) is 6.50. The highest BCUT2D eigenvalue weighted by Gasteiger charge is 2.06. The number of hydrogen-bond donors (Lipinski definition) is 0. The Labute approximate surface area is 121 Å². The zero-order valence-electron chi connectivity index (χ0n) is 12.5. The summed E-state index contributed by atoms with van der Waals surface area (Å²) in [6.07, 6.45) is 7.30. The van der Waals surface area contributed by atoms with Gasteiger partial charge in [-0.1, -0.05) is 51.2 Å². The molecular formula is C17H24O3. The number of ketones is 1. The molecule has 1 rings (SSSR count). The maximum Gasteiger partial charge on any atom is 0.311 e. The smallest absolute Gasteiger partial charge is 0.311 e. The quantitative estimate of drug-likeness (QED) is 0.288. The minimum Gasteiger partial charge on any atom is -0.427 e. The van der Waals surface area contributed by atoms with E-state index in [1.54, 1.807) is 24.3 Å². The van der Waals surface area contributed by atoms with Crippen LogP contribution in [-0.2, 0) is 4.79 Å². The molecule has 0 aliphatic heterocycles. The summed E-state index contributed by atoms with van der Waals surface area (Å²) in [7, 11) is 0. The molecular weight excluding hydrogens is 252 g/mol. The van der Waals surface area contributed by atoms with Gasteiger partial charge in [0, 0.05) is 12.0 Å². The first-order chi connectivity index (χ1) is 9.63. The minimum atomic E-state index is -0.221. The maximum atomic E-state index is 11.7. The molecule has 0 fully saturated rings. The molecule has 0 unspecified atom stereocenters. The van der Waals surface area contributed by atoms with Crippen molar-refractivity contribution in [1.29, 1.82) is 0 Å². The lowest BCUT2D eigenvalue weighted by atomic mass is 10.1. The van der Waals surface area contributed by atoms with Crippen LogP contribution in [-0.4, -0.2) is 11.8 Å². The van der Waals surface area contributed by atoms with E-state index < -0.39 is 0 Å². The molecule has 0 saturated carbocycles. The molecule has 0 amide bonds. The molecule has 110 valence electrons. The molecule has 1 aromatic rings. The van der Waals surface area contributed by atoms with Crippen LogP contribution < -0.4 is 4.74 Å². The highest BCUT2D eigenvalue weighted by molar-refractivity contribution is 5.94. The maximum absolute atomic E-state index is 11.7. The van der Waals surface area contributed by atoms with Crippen molar-refractivity contribution in [2.45, 2.75) is 58.8 Å². The second-order valence-electron chi connectivity index (χ2n) is 5.08. The third-order valence-electron chi connectivity index (χ3n) is 3.21. The van der Waals surface area contributed by atoms with Crippen LogP contribution >= 0.6 is 0 Å². The van der Waals surface area contributed by atoms with Gasteiger partial charge in [-0.2, -0.15) is 0 Å². The number of ether oxygens (including phenoxy) is 1. The number of esters is 1. The van der Waals surface area contributed by atoms with Gasteiger partial charge in [0.05, 0.1) is 0 Å². The van der Waals surface area contributed by atoms with Crippen LogP contribution in [0.1, 0.15) is 69.2 Å². The summed E-state index contributed by atoms with van der Waals surface area (Å²) in [5.74, 6) is 0.202. The fourth-order valence-electron chi connectivity index (χ4n) is 2.01. The number of carbonyl (C=O) groups is 2. The summed E-state index contributed by atoms with van der Waals surface area (Å²) in [5, 5.41) is 0. The van der Waals surface area contributed by atoms with Gasteiger partial charge in [0.15, 0.2) is 5.78 Å². The summed E-state index contributed by atoms with van der Waals surface area (Å²) >= 11 is 0. The first-order valence-electron chi connectivity index (χ1n) is 7.45. The number of benzene rings is 1. The fraction of sp³-hybridized carbons (Fsp3) is 0.529. The minimum absolute atomic E-state index is 0.0289. The molecule has 1 aromatic carbocycles. The van der Waals surface area contributed by atoms with E-state index in [0.29, 0.717) is 17.7 Å². The third-order valence-corrected chi connectivity index (χ3v) is 3.21. The lowest BCUT2D eigenvalue weighted by molar-refractivity contribution is -0.134. The van der Waals surface area contributed by atoms with E-state index in [1.165, 1.54) is 32.6 Å². The van der Waals surface area contributed by atoms with E-state index >= 15 is 0 Å². The zero-order chi connectivity index (χ0) is 14.8. The molecule has 3 heteroatoms. The number of Topliss-reactive ketones (excluding diaryl/α,β-unsaturated/α-hetero) is 1. The largest absolute Gasteiger partial charge is 0.427 e. The van der Waals surface area contributed by atoms with Crippen LogP contribution in [0.2, 0.25) is 0 Å². The van der Waals surface area contributed by atoms with Crippen molar-refractivity contribution in [2.75, 3.05) is 0 Å².